The molecule has 8 nitrogen and oxygen atoms in total. The van der Waals surface area contributed by atoms with E-state index in [4.69, 9.17) is 4.52 Å². The molecular weight excluding hydrogens is 380 g/mol. The molecule has 0 aliphatic carbocycles. The van der Waals surface area contributed by atoms with Crippen LogP contribution < -0.4 is 10.6 Å². The van der Waals surface area contributed by atoms with Gasteiger partial charge in [-0.3, -0.25) is 4.79 Å². The van der Waals surface area contributed by atoms with Crippen LogP contribution in [0.1, 0.15) is 21.8 Å². The third-order valence-electron chi connectivity index (χ3n) is 4.17. The van der Waals surface area contributed by atoms with Gasteiger partial charge in [0.1, 0.15) is 23.3 Å². The van der Waals surface area contributed by atoms with E-state index in [2.05, 4.69) is 31.8 Å². The minimum atomic E-state index is -0.459. The second-order valence-electron chi connectivity index (χ2n) is 6.39. The van der Waals surface area contributed by atoms with E-state index in [0.29, 0.717) is 34.5 Å². The van der Waals surface area contributed by atoms with E-state index in [-0.39, 0.29) is 5.69 Å². The van der Waals surface area contributed by atoms with Gasteiger partial charge in [-0.1, -0.05) is 47.6 Å². The fraction of sp³-hybridized carbons (Fsp3) is 0.0455. The Hall–Kier alpha value is -4.51. The quantitative estimate of drug-likeness (QED) is 0.516. The molecule has 0 bridgehead atoms. The highest BCUT2D eigenvalue weighted by Crippen LogP contribution is 2.23. The largest absolute Gasteiger partial charge is 0.360 e. The average Bonchev–Trinajstić information content (AvgIpc) is 3.19. The molecule has 0 aliphatic heterocycles. The SMILES string of the molecule is Cc1cc(NC(=O)c2cc(Nc3ccccc3C#N)nc(-c3ccccc3)n2)no1. The molecule has 0 unspecified atom stereocenters. The first-order valence-corrected chi connectivity index (χ1v) is 9.08. The van der Waals surface area contributed by atoms with Gasteiger partial charge >= 0.3 is 0 Å². The number of para-hydroxylation sites is 1. The van der Waals surface area contributed by atoms with Gasteiger partial charge in [0.15, 0.2) is 11.6 Å². The summed E-state index contributed by atoms with van der Waals surface area (Å²) >= 11 is 0. The van der Waals surface area contributed by atoms with Gasteiger partial charge in [0.2, 0.25) is 0 Å². The molecule has 4 rings (SSSR count). The van der Waals surface area contributed by atoms with Crippen molar-refractivity contribution < 1.29 is 9.32 Å². The molecule has 0 spiro atoms. The third kappa shape index (κ3) is 4.15. The van der Waals surface area contributed by atoms with Crippen molar-refractivity contribution in [3.63, 3.8) is 0 Å². The Balaban J connectivity index is 1.73. The van der Waals surface area contributed by atoms with Crippen LogP contribution in [-0.2, 0) is 0 Å². The number of hydrogen-bond acceptors (Lipinski definition) is 7. The van der Waals surface area contributed by atoms with E-state index in [0.717, 1.165) is 5.56 Å². The van der Waals surface area contributed by atoms with Gasteiger partial charge in [0.25, 0.3) is 5.91 Å². The summed E-state index contributed by atoms with van der Waals surface area (Å²) in [7, 11) is 0. The zero-order chi connectivity index (χ0) is 20.9. The summed E-state index contributed by atoms with van der Waals surface area (Å²) in [6.07, 6.45) is 0. The number of carbonyl (C=O) groups excluding carboxylic acids is 1. The summed E-state index contributed by atoms with van der Waals surface area (Å²) in [6.45, 7) is 1.73. The molecule has 0 atom stereocenters. The van der Waals surface area contributed by atoms with Crippen LogP contribution in [-0.4, -0.2) is 21.0 Å². The maximum atomic E-state index is 12.8. The lowest BCUT2D eigenvalue weighted by molar-refractivity contribution is 0.102. The molecule has 0 radical (unpaired) electrons. The molecule has 4 aromatic rings. The maximum absolute atomic E-state index is 12.8. The highest BCUT2D eigenvalue weighted by Gasteiger charge is 2.15. The molecule has 1 amide bonds. The second kappa shape index (κ2) is 8.24. The van der Waals surface area contributed by atoms with Crippen LogP contribution in [0.5, 0.6) is 0 Å². The number of rotatable bonds is 5. The van der Waals surface area contributed by atoms with E-state index in [1.165, 1.54) is 6.07 Å². The summed E-state index contributed by atoms with van der Waals surface area (Å²) in [4.78, 5) is 21.7. The standard InChI is InChI=1S/C22H16N6O2/c1-14-11-20(28-30-14)27-22(29)18-12-19(24-17-10-6-5-9-16(17)13-23)26-21(25-18)15-7-3-2-4-8-15/h2-12H,1H3,(H,24,25,26)(H,27,28,29). The molecule has 2 heterocycles. The molecule has 2 aromatic heterocycles. The molecule has 2 N–H and O–H groups in total. The van der Waals surface area contributed by atoms with E-state index in [1.54, 1.807) is 31.2 Å². The van der Waals surface area contributed by atoms with Gasteiger partial charge < -0.3 is 15.2 Å². The Morgan fingerprint density at radius 1 is 1.00 bits per heavy atom. The number of hydrogen-bond donors (Lipinski definition) is 2. The van der Waals surface area contributed by atoms with Crippen molar-refractivity contribution >= 4 is 23.2 Å². The normalized spacial score (nSPS) is 10.3. The Morgan fingerprint density at radius 2 is 1.77 bits per heavy atom. The first-order valence-electron chi connectivity index (χ1n) is 9.08. The van der Waals surface area contributed by atoms with Crippen molar-refractivity contribution in [2.75, 3.05) is 10.6 Å². The van der Waals surface area contributed by atoms with Gasteiger partial charge in [-0.2, -0.15) is 5.26 Å². The van der Waals surface area contributed by atoms with Gasteiger partial charge in [-0.05, 0) is 19.1 Å². The summed E-state index contributed by atoms with van der Waals surface area (Å²) in [5.41, 5.74) is 1.93. The van der Waals surface area contributed by atoms with Crippen molar-refractivity contribution in [2.24, 2.45) is 0 Å². The lowest BCUT2D eigenvalue weighted by Gasteiger charge is -2.11. The topological polar surface area (TPSA) is 117 Å². The number of aromatic nitrogens is 3. The zero-order valence-corrected chi connectivity index (χ0v) is 16.0. The number of nitrogens with zero attached hydrogens (tertiary/aromatic N) is 4. The lowest BCUT2D eigenvalue weighted by Crippen LogP contribution is -2.15. The van der Waals surface area contributed by atoms with Crippen LogP contribution in [0, 0.1) is 18.3 Å². The number of anilines is 3. The summed E-state index contributed by atoms with van der Waals surface area (Å²) in [5, 5.41) is 18.9. The van der Waals surface area contributed by atoms with E-state index < -0.39 is 5.91 Å². The van der Waals surface area contributed by atoms with E-state index in [1.807, 2.05) is 36.4 Å². The van der Waals surface area contributed by atoms with Gasteiger partial charge in [0.05, 0.1) is 11.3 Å². The summed E-state index contributed by atoms with van der Waals surface area (Å²) in [6, 6.07) is 21.6. The van der Waals surface area contributed by atoms with Gasteiger partial charge in [0, 0.05) is 17.7 Å². The molecular formula is C22H16N6O2. The molecule has 30 heavy (non-hydrogen) atoms. The Morgan fingerprint density at radius 3 is 2.50 bits per heavy atom. The number of nitriles is 1. The van der Waals surface area contributed by atoms with Crippen molar-refractivity contribution in [2.45, 2.75) is 6.92 Å². The first-order chi connectivity index (χ1) is 14.6. The zero-order valence-electron chi connectivity index (χ0n) is 16.0. The molecule has 0 saturated carbocycles. The highest BCUT2D eigenvalue weighted by atomic mass is 16.5. The smallest absolute Gasteiger partial charge is 0.275 e. The van der Waals surface area contributed by atoms with E-state index in [9.17, 15) is 10.1 Å². The van der Waals surface area contributed by atoms with Crippen molar-refractivity contribution in [3.05, 3.63) is 83.7 Å². The monoisotopic (exact) mass is 396 g/mol. The van der Waals surface area contributed by atoms with Crippen molar-refractivity contribution in [1.29, 1.82) is 5.26 Å². The molecule has 146 valence electrons. The fourth-order valence-electron chi connectivity index (χ4n) is 2.78. The minimum absolute atomic E-state index is 0.140. The van der Waals surface area contributed by atoms with Crippen LogP contribution in [0.4, 0.5) is 17.3 Å². The van der Waals surface area contributed by atoms with Crippen LogP contribution in [0.3, 0.4) is 0 Å². The first kappa shape index (κ1) is 18.8. The van der Waals surface area contributed by atoms with Crippen LogP contribution in [0.2, 0.25) is 0 Å². The predicted octanol–water partition coefficient (Wildman–Crippen LogP) is 4.31. The molecule has 0 saturated heterocycles. The van der Waals surface area contributed by atoms with Crippen molar-refractivity contribution in [1.82, 2.24) is 15.1 Å². The predicted molar refractivity (Wildman–Crippen MR) is 111 cm³/mol. The number of nitrogens with one attached hydrogen (secondary N) is 2. The van der Waals surface area contributed by atoms with Gasteiger partial charge in [-0.15, -0.1) is 0 Å². The highest BCUT2D eigenvalue weighted by molar-refractivity contribution is 6.03. The third-order valence-corrected chi connectivity index (χ3v) is 4.17. The number of aryl methyl sites for hydroxylation is 1. The second-order valence-corrected chi connectivity index (χ2v) is 6.39. The van der Waals surface area contributed by atoms with Crippen LogP contribution in [0.25, 0.3) is 11.4 Å². The molecule has 2 aromatic carbocycles. The van der Waals surface area contributed by atoms with Gasteiger partial charge in [-0.25, -0.2) is 9.97 Å². The fourth-order valence-corrected chi connectivity index (χ4v) is 2.78. The molecule has 8 heteroatoms. The lowest BCUT2D eigenvalue weighted by atomic mass is 10.2. The number of carbonyl (C=O) groups is 1. The molecule has 0 aliphatic rings. The Labute approximate surface area is 172 Å². The summed E-state index contributed by atoms with van der Waals surface area (Å²) in [5.74, 6) is 1.17. The Kier molecular flexibility index (Phi) is 5.17. The van der Waals surface area contributed by atoms with Crippen molar-refractivity contribution in [3.8, 4) is 17.5 Å². The average molecular weight is 396 g/mol. The number of amides is 1. The van der Waals surface area contributed by atoms with E-state index >= 15 is 0 Å². The number of benzene rings is 2. The summed E-state index contributed by atoms with van der Waals surface area (Å²) < 4.78 is 4.98. The maximum Gasteiger partial charge on any atom is 0.275 e. The Bertz CT molecular complexity index is 1240. The van der Waals surface area contributed by atoms with Crippen LogP contribution in [0.15, 0.2) is 71.3 Å². The minimum Gasteiger partial charge on any atom is -0.360 e. The molecule has 0 fully saturated rings. The van der Waals surface area contributed by atoms with Crippen LogP contribution >= 0.6 is 0 Å².